The summed E-state index contributed by atoms with van der Waals surface area (Å²) in [5.74, 6) is 0.224. The summed E-state index contributed by atoms with van der Waals surface area (Å²) < 4.78 is 7.63. The Morgan fingerprint density at radius 1 is 1.06 bits per heavy atom. The molecule has 0 saturated carbocycles. The SMILES string of the molecule is N=C1/C(=C/c2cccn2-c2ccc(Cl)cc2)C(=O)N=C2SC(COc3ccccc3)=NN12. The topological polar surface area (TPSA) is 83.0 Å². The van der Waals surface area contributed by atoms with Crippen molar-refractivity contribution >= 4 is 51.4 Å². The van der Waals surface area contributed by atoms with E-state index in [1.165, 1.54) is 16.8 Å². The zero-order valence-corrected chi connectivity index (χ0v) is 18.2. The van der Waals surface area contributed by atoms with Gasteiger partial charge < -0.3 is 9.30 Å². The summed E-state index contributed by atoms with van der Waals surface area (Å²) in [5.41, 5.74) is 1.79. The van der Waals surface area contributed by atoms with E-state index in [1.807, 2.05) is 65.4 Å². The molecule has 2 aliphatic heterocycles. The molecule has 0 radical (unpaired) electrons. The first-order valence-corrected chi connectivity index (χ1v) is 10.9. The van der Waals surface area contributed by atoms with Crippen LogP contribution in [0.25, 0.3) is 11.8 Å². The Balaban J connectivity index is 1.39. The molecule has 0 atom stereocenters. The van der Waals surface area contributed by atoms with E-state index < -0.39 is 5.91 Å². The number of amides is 1. The van der Waals surface area contributed by atoms with Crippen LogP contribution in [-0.2, 0) is 4.79 Å². The highest BCUT2D eigenvalue weighted by molar-refractivity contribution is 8.27. The van der Waals surface area contributed by atoms with Crippen LogP contribution in [0, 0.1) is 5.41 Å². The summed E-state index contributed by atoms with van der Waals surface area (Å²) in [7, 11) is 0. The van der Waals surface area contributed by atoms with E-state index in [2.05, 4.69) is 10.1 Å². The molecule has 9 heteroatoms. The molecule has 0 bridgehead atoms. The number of thioether (sulfide) groups is 1. The van der Waals surface area contributed by atoms with E-state index in [4.69, 9.17) is 21.7 Å². The molecule has 5 rings (SSSR count). The molecular formula is C23H16ClN5O2S. The Morgan fingerprint density at radius 2 is 1.84 bits per heavy atom. The number of hydrogen-bond acceptors (Lipinski definition) is 5. The van der Waals surface area contributed by atoms with Crippen LogP contribution in [0.5, 0.6) is 5.75 Å². The van der Waals surface area contributed by atoms with Gasteiger partial charge in [0.25, 0.3) is 5.91 Å². The average Bonchev–Trinajstić information content (AvgIpc) is 3.43. The van der Waals surface area contributed by atoms with Crippen molar-refractivity contribution in [3.8, 4) is 11.4 Å². The van der Waals surface area contributed by atoms with Crippen molar-refractivity contribution in [1.29, 1.82) is 5.41 Å². The number of hydrogen-bond donors (Lipinski definition) is 1. The molecule has 1 aromatic heterocycles. The Hall–Kier alpha value is -3.62. The third-order valence-corrected chi connectivity index (χ3v) is 5.91. The van der Waals surface area contributed by atoms with Gasteiger partial charge in [0, 0.05) is 22.6 Å². The number of amidine groups is 2. The second-order valence-electron chi connectivity index (χ2n) is 6.89. The molecule has 3 aromatic rings. The standard InChI is InChI=1S/C23H16ClN5O2S/c24-15-8-10-16(11-9-15)28-12-4-5-17(28)13-19-21(25)29-23(26-22(19)30)32-20(27-29)14-31-18-6-2-1-3-7-18/h1-13,25H,14H2/b19-13-,25-21?. The van der Waals surface area contributed by atoms with Gasteiger partial charge in [0.1, 0.15) is 17.4 Å². The summed E-state index contributed by atoms with van der Waals surface area (Å²) in [6, 6.07) is 20.5. The molecule has 32 heavy (non-hydrogen) atoms. The summed E-state index contributed by atoms with van der Waals surface area (Å²) in [6.07, 6.45) is 3.53. The highest BCUT2D eigenvalue weighted by Crippen LogP contribution is 2.29. The molecule has 7 nitrogen and oxygen atoms in total. The Bertz CT molecular complexity index is 1300. The number of nitrogens with zero attached hydrogens (tertiary/aromatic N) is 4. The molecule has 0 saturated heterocycles. The quantitative estimate of drug-likeness (QED) is 0.552. The van der Waals surface area contributed by atoms with E-state index in [9.17, 15) is 4.79 Å². The third kappa shape index (κ3) is 3.98. The zero-order chi connectivity index (χ0) is 22.1. The Kier molecular flexibility index (Phi) is 5.38. The zero-order valence-electron chi connectivity index (χ0n) is 16.6. The van der Waals surface area contributed by atoms with Crippen molar-refractivity contribution in [1.82, 2.24) is 9.58 Å². The lowest BCUT2D eigenvalue weighted by Crippen LogP contribution is -2.35. The van der Waals surface area contributed by atoms with Crippen molar-refractivity contribution in [3.63, 3.8) is 0 Å². The van der Waals surface area contributed by atoms with Crippen molar-refractivity contribution in [2.75, 3.05) is 6.61 Å². The fraction of sp³-hybridized carbons (Fsp3) is 0.0435. The van der Waals surface area contributed by atoms with Crippen molar-refractivity contribution < 1.29 is 9.53 Å². The molecule has 158 valence electrons. The minimum absolute atomic E-state index is 0.0222. The number of benzene rings is 2. The maximum Gasteiger partial charge on any atom is 0.283 e. The number of hydrazone groups is 1. The molecule has 2 aromatic carbocycles. The second kappa shape index (κ2) is 8.49. The predicted octanol–water partition coefficient (Wildman–Crippen LogP) is 4.83. The summed E-state index contributed by atoms with van der Waals surface area (Å²) in [4.78, 5) is 16.8. The molecule has 2 aliphatic rings. The number of ether oxygens (including phenoxy) is 1. The maximum atomic E-state index is 12.7. The van der Waals surface area contributed by atoms with Gasteiger partial charge in [-0.3, -0.25) is 10.2 Å². The van der Waals surface area contributed by atoms with Crippen LogP contribution < -0.4 is 4.74 Å². The van der Waals surface area contributed by atoms with Crippen LogP contribution >= 0.6 is 23.4 Å². The van der Waals surface area contributed by atoms with Crippen LogP contribution in [0.1, 0.15) is 5.69 Å². The van der Waals surface area contributed by atoms with Crippen LogP contribution in [0.3, 0.4) is 0 Å². The summed E-state index contributed by atoms with van der Waals surface area (Å²) >= 11 is 7.22. The molecule has 1 amide bonds. The van der Waals surface area contributed by atoms with Crippen LogP contribution in [0.15, 0.2) is 88.6 Å². The largest absolute Gasteiger partial charge is 0.487 e. The van der Waals surface area contributed by atoms with Gasteiger partial charge in [-0.2, -0.15) is 15.1 Å². The van der Waals surface area contributed by atoms with Crippen LogP contribution in [-0.4, -0.2) is 38.1 Å². The first-order valence-electron chi connectivity index (χ1n) is 9.69. The average molecular weight is 462 g/mol. The van der Waals surface area contributed by atoms with Crippen LogP contribution in [0.4, 0.5) is 0 Å². The number of carbonyl (C=O) groups is 1. The normalized spacial score (nSPS) is 16.8. The number of halogens is 1. The highest BCUT2D eigenvalue weighted by Gasteiger charge is 2.35. The number of nitrogens with one attached hydrogen (secondary N) is 1. The third-order valence-electron chi connectivity index (χ3n) is 4.78. The number of rotatable bonds is 5. The lowest BCUT2D eigenvalue weighted by Gasteiger charge is -2.20. The number of carbonyl (C=O) groups excluding carboxylic acids is 1. The predicted molar refractivity (Wildman–Crippen MR) is 128 cm³/mol. The first-order chi connectivity index (χ1) is 15.6. The molecule has 3 heterocycles. The van der Waals surface area contributed by atoms with Gasteiger partial charge in [-0.25, -0.2) is 0 Å². The molecule has 0 fully saturated rings. The highest BCUT2D eigenvalue weighted by atomic mass is 35.5. The van der Waals surface area contributed by atoms with Gasteiger partial charge in [0.2, 0.25) is 5.17 Å². The monoisotopic (exact) mass is 461 g/mol. The number of aromatic nitrogens is 1. The molecule has 0 spiro atoms. The molecule has 0 unspecified atom stereocenters. The first kappa shape index (κ1) is 20.3. The van der Waals surface area contributed by atoms with E-state index in [-0.39, 0.29) is 18.0 Å². The van der Waals surface area contributed by atoms with E-state index >= 15 is 0 Å². The number of fused-ring (bicyclic) bond motifs is 1. The lowest BCUT2D eigenvalue weighted by molar-refractivity contribution is -0.114. The van der Waals surface area contributed by atoms with Crippen molar-refractivity contribution in [2.24, 2.45) is 10.1 Å². The molecule has 0 aliphatic carbocycles. The van der Waals surface area contributed by atoms with E-state index in [0.29, 0.717) is 15.2 Å². The van der Waals surface area contributed by atoms with Gasteiger partial charge >= 0.3 is 0 Å². The minimum atomic E-state index is -0.474. The number of aliphatic imine (C=N–C) groups is 1. The minimum Gasteiger partial charge on any atom is -0.487 e. The summed E-state index contributed by atoms with van der Waals surface area (Å²) in [5, 5.41) is 16.0. The van der Waals surface area contributed by atoms with Crippen molar-refractivity contribution in [3.05, 3.63) is 89.2 Å². The Labute approximate surface area is 193 Å². The van der Waals surface area contributed by atoms with Crippen LogP contribution in [0.2, 0.25) is 5.02 Å². The van der Waals surface area contributed by atoms with Gasteiger partial charge in [-0.1, -0.05) is 29.8 Å². The van der Waals surface area contributed by atoms with E-state index in [1.54, 1.807) is 18.2 Å². The molecule has 1 N–H and O–H groups in total. The van der Waals surface area contributed by atoms with Gasteiger partial charge in [0.05, 0.1) is 5.57 Å². The summed E-state index contributed by atoms with van der Waals surface area (Å²) in [6.45, 7) is 0.226. The second-order valence-corrected chi connectivity index (χ2v) is 8.37. The lowest BCUT2D eigenvalue weighted by atomic mass is 10.1. The smallest absolute Gasteiger partial charge is 0.283 e. The van der Waals surface area contributed by atoms with E-state index in [0.717, 1.165) is 17.1 Å². The molecular weight excluding hydrogens is 446 g/mol. The number of para-hydroxylation sites is 1. The Morgan fingerprint density at radius 3 is 2.62 bits per heavy atom. The van der Waals surface area contributed by atoms with Crippen molar-refractivity contribution in [2.45, 2.75) is 0 Å². The van der Waals surface area contributed by atoms with Gasteiger partial charge in [-0.15, -0.1) is 0 Å². The fourth-order valence-corrected chi connectivity index (χ4v) is 4.17. The maximum absolute atomic E-state index is 12.7. The fourth-order valence-electron chi connectivity index (χ4n) is 3.25. The van der Waals surface area contributed by atoms with Gasteiger partial charge in [0.15, 0.2) is 5.84 Å². The van der Waals surface area contributed by atoms with Gasteiger partial charge in [-0.05, 0) is 66.4 Å².